The van der Waals surface area contributed by atoms with E-state index < -0.39 is 0 Å². The number of hydrogen-bond acceptors (Lipinski definition) is 4. The molecular formula is C10H12BrN5O. The summed E-state index contributed by atoms with van der Waals surface area (Å²) < 4.78 is 3.92. The van der Waals surface area contributed by atoms with Crippen LogP contribution >= 0.6 is 15.9 Å². The highest BCUT2D eigenvalue weighted by Gasteiger charge is 2.12. The van der Waals surface area contributed by atoms with E-state index in [0.29, 0.717) is 12.4 Å². The van der Waals surface area contributed by atoms with E-state index in [9.17, 15) is 4.79 Å². The Morgan fingerprint density at radius 2 is 2.12 bits per heavy atom. The van der Waals surface area contributed by atoms with Gasteiger partial charge in [0.2, 0.25) is 0 Å². The molecule has 2 heterocycles. The molecule has 2 N–H and O–H groups in total. The molecule has 0 aliphatic rings. The summed E-state index contributed by atoms with van der Waals surface area (Å²) in [6, 6.07) is 2.89. The minimum atomic E-state index is -0.190. The zero-order chi connectivity index (χ0) is 12.6. The van der Waals surface area contributed by atoms with Gasteiger partial charge in [-0.3, -0.25) is 9.48 Å². The van der Waals surface area contributed by atoms with E-state index in [2.05, 4.69) is 26.1 Å². The zero-order valence-electron chi connectivity index (χ0n) is 9.51. The summed E-state index contributed by atoms with van der Waals surface area (Å²) in [6.45, 7) is 2.23. The number of aromatic nitrogens is 4. The van der Waals surface area contributed by atoms with Gasteiger partial charge in [-0.05, 0) is 28.9 Å². The second-order valence-electron chi connectivity index (χ2n) is 3.72. The molecule has 0 spiro atoms. The quantitative estimate of drug-likeness (QED) is 0.884. The molecule has 0 saturated heterocycles. The topological polar surface area (TPSA) is 78.7 Å². The van der Waals surface area contributed by atoms with Crippen molar-refractivity contribution in [2.75, 3.05) is 5.73 Å². The maximum absolute atomic E-state index is 11.6. The van der Waals surface area contributed by atoms with Crippen molar-refractivity contribution in [1.29, 1.82) is 0 Å². The minimum Gasteiger partial charge on any atom is -0.382 e. The van der Waals surface area contributed by atoms with Gasteiger partial charge in [0.25, 0.3) is 5.56 Å². The highest BCUT2D eigenvalue weighted by molar-refractivity contribution is 9.10. The smallest absolute Gasteiger partial charge is 0.267 e. The summed E-state index contributed by atoms with van der Waals surface area (Å²) in [6.07, 6.45) is 0. The number of halogens is 1. The molecule has 2 aromatic heterocycles. The van der Waals surface area contributed by atoms with Gasteiger partial charge in [0.15, 0.2) is 0 Å². The van der Waals surface area contributed by atoms with Gasteiger partial charge < -0.3 is 5.73 Å². The summed E-state index contributed by atoms with van der Waals surface area (Å²) in [5.41, 5.74) is 7.12. The fourth-order valence-corrected chi connectivity index (χ4v) is 2.03. The number of hydrogen-bond donors (Lipinski definition) is 1. The predicted octanol–water partition coefficient (Wildman–Crippen LogP) is 0.678. The van der Waals surface area contributed by atoms with Gasteiger partial charge in [0, 0.05) is 13.1 Å². The van der Waals surface area contributed by atoms with Crippen molar-refractivity contribution in [1.82, 2.24) is 19.6 Å². The minimum absolute atomic E-state index is 0.190. The lowest BCUT2D eigenvalue weighted by Gasteiger charge is -2.06. The first-order valence-electron chi connectivity index (χ1n) is 5.00. The average molecular weight is 298 g/mol. The average Bonchev–Trinajstić information content (AvgIpc) is 2.50. The monoisotopic (exact) mass is 297 g/mol. The van der Waals surface area contributed by atoms with Crippen molar-refractivity contribution >= 4 is 21.7 Å². The number of nitrogens with zero attached hydrogens (tertiary/aromatic N) is 4. The number of nitrogens with two attached hydrogens (primary N) is 1. The van der Waals surface area contributed by atoms with E-state index >= 15 is 0 Å². The van der Waals surface area contributed by atoms with Crippen LogP contribution in [-0.4, -0.2) is 19.6 Å². The molecule has 0 aliphatic carbocycles. The highest BCUT2D eigenvalue weighted by atomic mass is 79.9. The lowest BCUT2D eigenvalue weighted by atomic mass is 10.3. The summed E-state index contributed by atoms with van der Waals surface area (Å²) in [4.78, 5) is 11.6. The number of aryl methyl sites for hydroxylation is 2. The van der Waals surface area contributed by atoms with Gasteiger partial charge in [-0.25, -0.2) is 4.68 Å². The third kappa shape index (κ3) is 2.23. The standard InChI is InChI=1S/C10H12BrN5O/c1-6-10(11)7(15(2)13-6)5-16-9(17)4-3-8(12)14-16/h3-4H,5H2,1-2H3,(H2,12,14). The van der Waals surface area contributed by atoms with Crippen LogP contribution in [0.1, 0.15) is 11.4 Å². The van der Waals surface area contributed by atoms with Gasteiger partial charge in [-0.15, -0.1) is 0 Å². The molecule has 7 heteroatoms. The summed E-state index contributed by atoms with van der Waals surface area (Å²) in [7, 11) is 1.82. The molecule has 0 fully saturated rings. The molecule has 0 unspecified atom stereocenters. The Bertz CT molecular complexity index is 616. The van der Waals surface area contributed by atoms with Crippen LogP contribution in [0.2, 0.25) is 0 Å². The van der Waals surface area contributed by atoms with Crippen LogP contribution in [0.5, 0.6) is 0 Å². The summed E-state index contributed by atoms with van der Waals surface area (Å²) in [5.74, 6) is 0.319. The van der Waals surface area contributed by atoms with Crippen molar-refractivity contribution in [3.63, 3.8) is 0 Å². The van der Waals surface area contributed by atoms with E-state index in [1.54, 1.807) is 4.68 Å². The van der Waals surface area contributed by atoms with Crippen molar-refractivity contribution < 1.29 is 0 Å². The number of anilines is 1. The SMILES string of the molecule is Cc1nn(C)c(Cn2nc(N)ccc2=O)c1Br. The Kier molecular flexibility index (Phi) is 3.01. The van der Waals surface area contributed by atoms with Crippen molar-refractivity contribution in [2.24, 2.45) is 7.05 Å². The van der Waals surface area contributed by atoms with Gasteiger partial charge in [-0.2, -0.15) is 10.2 Å². The van der Waals surface area contributed by atoms with Crippen molar-refractivity contribution in [3.05, 3.63) is 38.3 Å². The Morgan fingerprint density at radius 1 is 1.41 bits per heavy atom. The maximum Gasteiger partial charge on any atom is 0.267 e. The lowest BCUT2D eigenvalue weighted by Crippen LogP contribution is -2.24. The van der Waals surface area contributed by atoms with E-state index in [1.165, 1.54) is 16.8 Å². The largest absolute Gasteiger partial charge is 0.382 e. The van der Waals surface area contributed by atoms with Crippen LogP contribution in [0.15, 0.2) is 21.4 Å². The molecule has 0 aromatic carbocycles. The molecule has 2 rings (SSSR count). The molecule has 0 bridgehead atoms. The Morgan fingerprint density at radius 3 is 2.71 bits per heavy atom. The van der Waals surface area contributed by atoms with Crippen molar-refractivity contribution in [2.45, 2.75) is 13.5 Å². The van der Waals surface area contributed by atoms with Crippen LogP contribution in [0.3, 0.4) is 0 Å². The first kappa shape index (κ1) is 11.8. The maximum atomic E-state index is 11.6. The normalized spacial score (nSPS) is 10.8. The second kappa shape index (κ2) is 4.33. The van der Waals surface area contributed by atoms with Gasteiger partial charge >= 0.3 is 0 Å². The van der Waals surface area contributed by atoms with Crippen LogP contribution in [-0.2, 0) is 13.6 Å². The molecule has 2 aromatic rings. The zero-order valence-corrected chi connectivity index (χ0v) is 11.1. The highest BCUT2D eigenvalue weighted by Crippen LogP contribution is 2.20. The number of nitrogen functional groups attached to an aromatic ring is 1. The molecule has 0 aliphatic heterocycles. The lowest BCUT2D eigenvalue weighted by molar-refractivity contribution is 0.592. The van der Waals surface area contributed by atoms with Gasteiger partial charge in [-0.1, -0.05) is 0 Å². The third-order valence-corrected chi connectivity index (χ3v) is 3.48. The first-order valence-corrected chi connectivity index (χ1v) is 5.80. The fourth-order valence-electron chi connectivity index (χ4n) is 1.57. The molecule has 6 nitrogen and oxygen atoms in total. The Balaban J connectivity index is 2.44. The molecule has 17 heavy (non-hydrogen) atoms. The molecule has 0 atom stereocenters. The summed E-state index contributed by atoms with van der Waals surface area (Å²) >= 11 is 3.44. The van der Waals surface area contributed by atoms with E-state index in [4.69, 9.17) is 5.73 Å². The van der Waals surface area contributed by atoms with Gasteiger partial charge in [0.1, 0.15) is 5.82 Å². The second-order valence-corrected chi connectivity index (χ2v) is 4.52. The first-order chi connectivity index (χ1) is 7.99. The van der Waals surface area contributed by atoms with Crippen LogP contribution in [0.25, 0.3) is 0 Å². The Hall–Kier alpha value is -1.63. The van der Waals surface area contributed by atoms with E-state index in [1.807, 2.05) is 14.0 Å². The molecule has 0 radical (unpaired) electrons. The van der Waals surface area contributed by atoms with Gasteiger partial charge in [0.05, 0.1) is 22.4 Å². The van der Waals surface area contributed by atoms with Crippen LogP contribution in [0.4, 0.5) is 5.82 Å². The van der Waals surface area contributed by atoms with Crippen LogP contribution in [0, 0.1) is 6.92 Å². The Labute approximate surface area is 106 Å². The third-order valence-electron chi connectivity index (χ3n) is 2.45. The molecule has 0 amide bonds. The van der Waals surface area contributed by atoms with Crippen molar-refractivity contribution in [3.8, 4) is 0 Å². The predicted molar refractivity (Wildman–Crippen MR) is 67.7 cm³/mol. The van der Waals surface area contributed by atoms with E-state index in [-0.39, 0.29) is 5.56 Å². The fraction of sp³-hybridized carbons (Fsp3) is 0.300. The van der Waals surface area contributed by atoms with Crippen LogP contribution < -0.4 is 11.3 Å². The number of rotatable bonds is 2. The summed E-state index contributed by atoms with van der Waals surface area (Å²) in [5, 5.41) is 8.23. The molecule has 0 saturated carbocycles. The molecule has 90 valence electrons. The molecular weight excluding hydrogens is 286 g/mol. The van der Waals surface area contributed by atoms with E-state index in [0.717, 1.165) is 15.9 Å².